The Labute approximate surface area is 128 Å². The Morgan fingerprint density at radius 3 is 3.05 bits per heavy atom. The lowest BCUT2D eigenvalue weighted by molar-refractivity contribution is -0.124. The zero-order valence-electron chi connectivity index (χ0n) is 11.7. The third kappa shape index (κ3) is 2.88. The first-order chi connectivity index (χ1) is 10.1. The van der Waals surface area contributed by atoms with E-state index < -0.39 is 6.10 Å². The molecule has 0 saturated heterocycles. The summed E-state index contributed by atoms with van der Waals surface area (Å²) in [6.45, 7) is 3.28. The van der Waals surface area contributed by atoms with Crippen molar-refractivity contribution >= 4 is 23.3 Å². The van der Waals surface area contributed by atoms with Crippen LogP contribution >= 0.6 is 11.6 Å². The SMILES string of the molecule is C[C@H](Oc1cccc(Cl)c1)C(=O)N1CCCn2nccc21. The number of benzene rings is 1. The third-order valence-electron chi connectivity index (χ3n) is 3.45. The second-order valence-electron chi connectivity index (χ2n) is 4.97. The number of anilines is 1. The van der Waals surface area contributed by atoms with Crippen molar-refractivity contribution in [2.75, 3.05) is 11.4 Å². The Bertz CT molecular complexity index is 656. The van der Waals surface area contributed by atoms with Crippen molar-refractivity contribution in [3.05, 3.63) is 41.6 Å². The number of rotatable bonds is 3. The van der Waals surface area contributed by atoms with Gasteiger partial charge in [-0.05, 0) is 31.5 Å². The number of nitrogens with zero attached hydrogens (tertiary/aromatic N) is 3. The first kappa shape index (κ1) is 13.9. The summed E-state index contributed by atoms with van der Waals surface area (Å²) in [6.07, 6.45) is 2.03. The zero-order chi connectivity index (χ0) is 14.8. The van der Waals surface area contributed by atoms with Crippen LogP contribution in [0.4, 0.5) is 5.82 Å². The normalized spacial score (nSPS) is 15.4. The van der Waals surface area contributed by atoms with Crippen LogP contribution in [0, 0.1) is 0 Å². The van der Waals surface area contributed by atoms with Gasteiger partial charge >= 0.3 is 0 Å². The molecule has 1 atom stereocenters. The van der Waals surface area contributed by atoms with Crippen LogP contribution in [0.1, 0.15) is 13.3 Å². The monoisotopic (exact) mass is 305 g/mol. The number of hydrogen-bond acceptors (Lipinski definition) is 3. The van der Waals surface area contributed by atoms with Gasteiger partial charge in [-0.15, -0.1) is 0 Å². The van der Waals surface area contributed by atoms with E-state index in [0.29, 0.717) is 17.3 Å². The molecule has 6 heteroatoms. The molecule has 21 heavy (non-hydrogen) atoms. The Balaban J connectivity index is 1.74. The molecule has 2 aromatic rings. The van der Waals surface area contributed by atoms with Gasteiger partial charge in [0.15, 0.2) is 6.10 Å². The van der Waals surface area contributed by atoms with Crippen LogP contribution in [0.15, 0.2) is 36.5 Å². The molecule has 1 aliphatic rings. The van der Waals surface area contributed by atoms with E-state index in [1.807, 2.05) is 10.7 Å². The van der Waals surface area contributed by atoms with Gasteiger partial charge in [-0.2, -0.15) is 5.10 Å². The molecular weight excluding hydrogens is 290 g/mol. The van der Waals surface area contributed by atoms with Crippen molar-refractivity contribution < 1.29 is 9.53 Å². The minimum absolute atomic E-state index is 0.0728. The highest BCUT2D eigenvalue weighted by molar-refractivity contribution is 6.30. The number of aromatic nitrogens is 2. The molecule has 0 spiro atoms. The fourth-order valence-electron chi connectivity index (χ4n) is 2.46. The molecule has 0 fully saturated rings. The Kier molecular flexibility index (Phi) is 3.84. The van der Waals surface area contributed by atoms with Gasteiger partial charge < -0.3 is 4.74 Å². The van der Waals surface area contributed by atoms with Gasteiger partial charge in [0.1, 0.15) is 11.6 Å². The van der Waals surface area contributed by atoms with Crippen molar-refractivity contribution in [2.24, 2.45) is 0 Å². The van der Waals surface area contributed by atoms with Gasteiger partial charge in [-0.3, -0.25) is 9.69 Å². The number of halogens is 1. The highest BCUT2D eigenvalue weighted by Gasteiger charge is 2.27. The topological polar surface area (TPSA) is 47.4 Å². The summed E-state index contributed by atoms with van der Waals surface area (Å²) in [5.41, 5.74) is 0. The molecule has 0 saturated carbocycles. The summed E-state index contributed by atoms with van der Waals surface area (Å²) in [5.74, 6) is 1.35. The first-order valence-electron chi connectivity index (χ1n) is 6.90. The maximum Gasteiger partial charge on any atom is 0.268 e. The molecular formula is C15H16ClN3O2. The highest BCUT2D eigenvalue weighted by atomic mass is 35.5. The van der Waals surface area contributed by atoms with Gasteiger partial charge in [-0.25, -0.2) is 4.68 Å². The molecule has 0 aliphatic carbocycles. The van der Waals surface area contributed by atoms with Gasteiger partial charge in [0, 0.05) is 24.2 Å². The summed E-state index contributed by atoms with van der Waals surface area (Å²) < 4.78 is 7.54. The molecule has 1 aromatic carbocycles. The molecule has 0 unspecified atom stereocenters. The van der Waals surface area contributed by atoms with Crippen LogP contribution in [-0.4, -0.2) is 28.3 Å². The smallest absolute Gasteiger partial charge is 0.268 e. The Morgan fingerprint density at radius 2 is 2.24 bits per heavy atom. The van der Waals surface area contributed by atoms with Crippen molar-refractivity contribution in [1.29, 1.82) is 0 Å². The van der Waals surface area contributed by atoms with Gasteiger partial charge in [0.25, 0.3) is 5.91 Å². The quantitative estimate of drug-likeness (QED) is 0.876. The Morgan fingerprint density at radius 1 is 1.38 bits per heavy atom. The highest BCUT2D eigenvalue weighted by Crippen LogP contribution is 2.23. The van der Waals surface area contributed by atoms with Crippen LogP contribution in [0.2, 0.25) is 5.02 Å². The number of hydrogen-bond donors (Lipinski definition) is 0. The average Bonchev–Trinajstić information content (AvgIpc) is 2.94. The zero-order valence-corrected chi connectivity index (χ0v) is 12.5. The van der Waals surface area contributed by atoms with E-state index in [4.69, 9.17) is 16.3 Å². The standard InChI is InChI=1S/C15H16ClN3O2/c1-11(21-13-5-2-4-12(16)10-13)15(20)18-8-3-9-19-14(18)6-7-17-19/h2,4-7,10-11H,3,8-9H2,1H3/t11-/m0/s1. The number of amides is 1. The first-order valence-corrected chi connectivity index (χ1v) is 7.28. The van der Waals surface area contributed by atoms with Crippen LogP contribution in [0.3, 0.4) is 0 Å². The third-order valence-corrected chi connectivity index (χ3v) is 3.68. The van der Waals surface area contributed by atoms with E-state index in [1.165, 1.54) is 0 Å². The van der Waals surface area contributed by atoms with Crippen molar-refractivity contribution in [3.63, 3.8) is 0 Å². The van der Waals surface area contributed by atoms with E-state index in [2.05, 4.69) is 5.10 Å². The molecule has 1 amide bonds. The number of ether oxygens (including phenoxy) is 1. The molecule has 1 aromatic heterocycles. The second-order valence-corrected chi connectivity index (χ2v) is 5.41. The van der Waals surface area contributed by atoms with Crippen molar-refractivity contribution in [2.45, 2.75) is 26.0 Å². The predicted molar refractivity (Wildman–Crippen MR) is 80.7 cm³/mol. The fourth-order valence-corrected chi connectivity index (χ4v) is 2.64. The summed E-state index contributed by atoms with van der Waals surface area (Å²) in [6, 6.07) is 8.90. The van der Waals surface area contributed by atoms with Crippen LogP contribution in [0.5, 0.6) is 5.75 Å². The average molecular weight is 306 g/mol. The molecule has 0 bridgehead atoms. The maximum absolute atomic E-state index is 12.6. The Hall–Kier alpha value is -2.01. The summed E-state index contributed by atoms with van der Waals surface area (Å²) in [7, 11) is 0. The molecule has 2 heterocycles. The van der Waals surface area contributed by atoms with Crippen molar-refractivity contribution in [1.82, 2.24) is 9.78 Å². The lowest BCUT2D eigenvalue weighted by Crippen LogP contribution is -2.44. The lowest BCUT2D eigenvalue weighted by Gasteiger charge is -2.29. The van der Waals surface area contributed by atoms with E-state index in [-0.39, 0.29) is 5.91 Å². The maximum atomic E-state index is 12.6. The fraction of sp³-hybridized carbons (Fsp3) is 0.333. The molecule has 0 N–H and O–H groups in total. The van der Waals surface area contributed by atoms with E-state index in [0.717, 1.165) is 18.8 Å². The minimum atomic E-state index is -0.579. The van der Waals surface area contributed by atoms with Crippen LogP contribution in [-0.2, 0) is 11.3 Å². The molecule has 110 valence electrons. The summed E-state index contributed by atoms with van der Waals surface area (Å²) in [4.78, 5) is 14.3. The minimum Gasteiger partial charge on any atom is -0.481 e. The summed E-state index contributed by atoms with van der Waals surface area (Å²) in [5, 5.41) is 4.80. The molecule has 1 aliphatic heterocycles. The van der Waals surface area contributed by atoms with Gasteiger partial charge in [0.05, 0.1) is 6.20 Å². The van der Waals surface area contributed by atoms with E-state index in [1.54, 1.807) is 42.3 Å². The van der Waals surface area contributed by atoms with Crippen molar-refractivity contribution in [3.8, 4) is 5.75 Å². The second kappa shape index (κ2) is 5.77. The van der Waals surface area contributed by atoms with Gasteiger partial charge in [-0.1, -0.05) is 17.7 Å². The predicted octanol–water partition coefficient (Wildman–Crippen LogP) is 2.74. The molecule has 5 nitrogen and oxygen atoms in total. The van der Waals surface area contributed by atoms with E-state index >= 15 is 0 Å². The lowest BCUT2D eigenvalue weighted by atomic mass is 10.2. The van der Waals surface area contributed by atoms with Gasteiger partial charge in [0.2, 0.25) is 0 Å². The van der Waals surface area contributed by atoms with E-state index in [9.17, 15) is 4.79 Å². The number of aryl methyl sites for hydroxylation is 1. The summed E-state index contributed by atoms with van der Waals surface area (Å²) >= 11 is 5.92. The number of carbonyl (C=O) groups excluding carboxylic acids is 1. The van der Waals surface area contributed by atoms with Crippen LogP contribution in [0.25, 0.3) is 0 Å². The largest absolute Gasteiger partial charge is 0.481 e. The number of carbonyl (C=O) groups is 1. The van der Waals surface area contributed by atoms with Crippen LogP contribution < -0.4 is 9.64 Å². The molecule has 3 rings (SSSR count). The molecule has 0 radical (unpaired) electrons. The number of fused-ring (bicyclic) bond motifs is 1.